The quantitative estimate of drug-likeness (QED) is 0.0261. The molecule has 0 aliphatic rings. The molecule has 0 saturated carbocycles. The van der Waals surface area contributed by atoms with Gasteiger partial charge in [0.05, 0.1) is 0 Å². The highest BCUT2D eigenvalue weighted by Crippen LogP contribution is 2.16. The highest BCUT2D eigenvalue weighted by Gasteiger charge is 2.19. The molecule has 0 aliphatic heterocycles. The van der Waals surface area contributed by atoms with E-state index in [1.807, 2.05) is 0 Å². The van der Waals surface area contributed by atoms with Gasteiger partial charge in [-0.3, -0.25) is 14.4 Å². The number of unbranched alkanes of at least 4 members (excludes halogenated alkanes) is 31. The Labute approximate surface area is 452 Å². The molecule has 0 aromatic heterocycles. The van der Waals surface area contributed by atoms with Gasteiger partial charge in [0, 0.05) is 19.3 Å². The Balaban J connectivity index is 4.37. The second-order valence-corrected chi connectivity index (χ2v) is 20.6. The number of carbonyl (C=O) groups excluding carboxylic acids is 3. The molecule has 0 fully saturated rings. The molecule has 0 heterocycles. The molecule has 6 nitrogen and oxygen atoms in total. The molecule has 420 valence electrons. The van der Waals surface area contributed by atoms with Gasteiger partial charge in [-0.05, 0) is 116 Å². The van der Waals surface area contributed by atoms with Crippen molar-refractivity contribution >= 4 is 17.9 Å². The van der Waals surface area contributed by atoms with E-state index in [4.69, 9.17) is 14.2 Å². The molecule has 0 saturated heterocycles. The van der Waals surface area contributed by atoms with Crippen LogP contribution in [0.25, 0.3) is 0 Å². The van der Waals surface area contributed by atoms with Gasteiger partial charge in [0.25, 0.3) is 0 Å². The van der Waals surface area contributed by atoms with Crippen LogP contribution in [0.15, 0.2) is 85.1 Å². The van der Waals surface area contributed by atoms with Crippen LogP contribution in [0.3, 0.4) is 0 Å². The van der Waals surface area contributed by atoms with Gasteiger partial charge in [0.1, 0.15) is 13.2 Å². The minimum absolute atomic E-state index is 0.0837. The fraction of sp³-hybridized carbons (Fsp3) is 0.746. The molecule has 0 radical (unpaired) electrons. The SMILES string of the molecule is CC/C=C\C/C=C\C/C=C\C/C=C\CCCCCCCCCCCCC(=O)OCC(COC(=O)CCCCCCC/C=C\CCCCCCCC)OC(=O)CCCCCCCCC/C=C\C/C=C\CCCCC. The maximum absolute atomic E-state index is 12.9. The summed E-state index contributed by atoms with van der Waals surface area (Å²) in [6.07, 6.45) is 80.0. The van der Waals surface area contributed by atoms with E-state index in [1.165, 1.54) is 161 Å². The van der Waals surface area contributed by atoms with Gasteiger partial charge in [-0.1, -0.05) is 254 Å². The first-order valence-corrected chi connectivity index (χ1v) is 31.1. The lowest BCUT2D eigenvalue weighted by molar-refractivity contribution is -0.167. The summed E-state index contributed by atoms with van der Waals surface area (Å²) in [5.41, 5.74) is 0. The summed E-state index contributed by atoms with van der Waals surface area (Å²) in [6.45, 7) is 6.51. The van der Waals surface area contributed by atoms with Gasteiger partial charge in [-0.15, -0.1) is 0 Å². The highest BCUT2D eigenvalue weighted by molar-refractivity contribution is 5.71. The van der Waals surface area contributed by atoms with Gasteiger partial charge >= 0.3 is 17.9 Å². The number of ether oxygens (including phenoxy) is 3. The number of hydrogen-bond donors (Lipinski definition) is 0. The molecule has 0 aromatic rings. The molecular weight excluding hydrogens is 901 g/mol. The van der Waals surface area contributed by atoms with Crippen molar-refractivity contribution in [1.82, 2.24) is 0 Å². The molecule has 0 N–H and O–H groups in total. The summed E-state index contributed by atoms with van der Waals surface area (Å²) in [6, 6.07) is 0. The summed E-state index contributed by atoms with van der Waals surface area (Å²) in [7, 11) is 0. The maximum atomic E-state index is 12.9. The first-order valence-electron chi connectivity index (χ1n) is 31.1. The van der Waals surface area contributed by atoms with Crippen molar-refractivity contribution in [3.8, 4) is 0 Å². The van der Waals surface area contributed by atoms with E-state index in [0.717, 1.165) is 103 Å². The average molecular weight is 1020 g/mol. The van der Waals surface area contributed by atoms with Gasteiger partial charge in [-0.2, -0.15) is 0 Å². The Morgan fingerprint density at radius 3 is 0.877 bits per heavy atom. The van der Waals surface area contributed by atoms with Crippen LogP contribution in [-0.2, 0) is 28.6 Å². The minimum atomic E-state index is -0.787. The number of hydrogen-bond acceptors (Lipinski definition) is 6. The smallest absolute Gasteiger partial charge is 0.306 e. The van der Waals surface area contributed by atoms with Gasteiger partial charge in [0.2, 0.25) is 0 Å². The van der Waals surface area contributed by atoms with E-state index in [-0.39, 0.29) is 31.1 Å². The second kappa shape index (κ2) is 61.1. The fourth-order valence-corrected chi connectivity index (χ4v) is 8.69. The van der Waals surface area contributed by atoms with Crippen molar-refractivity contribution in [2.45, 2.75) is 309 Å². The standard InChI is InChI=1S/C67H116O6/c1-4-7-10-13-16-19-22-25-28-30-31-32-33-34-35-37-39-42-45-48-51-54-57-60-66(69)72-63-64(62-71-65(68)59-56-53-50-47-44-41-38-27-24-21-18-15-12-9-6-3)73-67(70)61-58-55-52-49-46-43-40-36-29-26-23-20-17-14-11-8-5-2/h7,10,16-17,19-20,25-29,31-32,38,64H,4-6,8-9,11-15,18,21-24,30,33-37,39-63H2,1-3H3/b10-7-,19-16-,20-17-,28-25-,29-26-,32-31-,38-27-. The van der Waals surface area contributed by atoms with Crippen LogP contribution in [0.5, 0.6) is 0 Å². The molecule has 0 aromatic carbocycles. The van der Waals surface area contributed by atoms with Crippen molar-refractivity contribution in [2.75, 3.05) is 13.2 Å². The van der Waals surface area contributed by atoms with Crippen LogP contribution >= 0.6 is 0 Å². The largest absolute Gasteiger partial charge is 0.462 e. The van der Waals surface area contributed by atoms with Gasteiger partial charge < -0.3 is 14.2 Å². The molecule has 0 rings (SSSR count). The summed E-state index contributed by atoms with van der Waals surface area (Å²) >= 11 is 0. The van der Waals surface area contributed by atoms with Crippen LogP contribution < -0.4 is 0 Å². The molecule has 1 unspecified atom stereocenters. The predicted molar refractivity (Wildman–Crippen MR) is 316 cm³/mol. The number of carbonyl (C=O) groups is 3. The van der Waals surface area contributed by atoms with Crippen LogP contribution in [0.1, 0.15) is 303 Å². The fourth-order valence-electron chi connectivity index (χ4n) is 8.69. The minimum Gasteiger partial charge on any atom is -0.462 e. The number of allylic oxidation sites excluding steroid dienone is 14. The van der Waals surface area contributed by atoms with Crippen LogP contribution in [0.2, 0.25) is 0 Å². The third kappa shape index (κ3) is 59.3. The summed E-state index contributed by atoms with van der Waals surface area (Å²) in [5.74, 6) is -0.893. The third-order valence-corrected chi connectivity index (χ3v) is 13.4. The molecule has 1 atom stereocenters. The summed E-state index contributed by atoms with van der Waals surface area (Å²) in [4.78, 5) is 38.3. The van der Waals surface area contributed by atoms with Crippen LogP contribution in [-0.4, -0.2) is 37.2 Å². The lowest BCUT2D eigenvalue weighted by Crippen LogP contribution is -2.30. The van der Waals surface area contributed by atoms with E-state index >= 15 is 0 Å². The van der Waals surface area contributed by atoms with Crippen molar-refractivity contribution in [2.24, 2.45) is 0 Å². The first kappa shape index (κ1) is 69.6. The van der Waals surface area contributed by atoms with E-state index in [1.54, 1.807) is 0 Å². The van der Waals surface area contributed by atoms with Gasteiger partial charge in [-0.25, -0.2) is 0 Å². The lowest BCUT2D eigenvalue weighted by Gasteiger charge is -2.18. The second-order valence-electron chi connectivity index (χ2n) is 20.6. The molecule has 0 amide bonds. The van der Waals surface area contributed by atoms with Crippen molar-refractivity contribution in [1.29, 1.82) is 0 Å². The maximum Gasteiger partial charge on any atom is 0.306 e. The summed E-state index contributed by atoms with van der Waals surface area (Å²) < 4.78 is 16.9. The zero-order valence-electron chi connectivity index (χ0n) is 48.1. The normalized spacial score (nSPS) is 12.6. The first-order chi connectivity index (χ1) is 36.0. The van der Waals surface area contributed by atoms with Crippen molar-refractivity contribution in [3.05, 3.63) is 85.1 Å². The topological polar surface area (TPSA) is 78.9 Å². The Bertz CT molecular complexity index is 1400. The van der Waals surface area contributed by atoms with Crippen LogP contribution in [0, 0.1) is 0 Å². The zero-order valence-corrected chi connectivity index (χ0v) is 48.1. The highest BCUT2D eigenvalue weighted by atomic mass is 16.6. The van der Waals surface area contributed by atoms with Crippen molar-refractivity contribution < 1.29 is 28.6 Å². The van der Waals surface area contributed by atoms with Crippen molar-refractivity contribution in [3.63, 3.8) is 0 Å². The molecule has 6 heteroatoms. The third-order valence-electron chi connectivity index (χ3n) is 13.4. The Hall–Kier alpha value is -3.41. The molecule has 0 bridgehead atoms. The van der Waals surface area contributed by atoms with Gasteiger partial charge in [0.15, 0.2) is 6.10 Å². The predicted octanol–water partition coefficient (Wildman–Crippen LogP) is 21.1. The van der Waals surface area contributed by atoms with Crippen LogP contribution in [0.4, 0.5) is 0 Å². The lowest BCUT2D eigenvalue weighted by atomic mass is 10.1. The molecule has 0 spiro atoms. The summed E-state index contributed by atoms with van der Waals surface area (Å²) in [5, 5.41) is 0. The molecular formula is C67H116O6. The zero-order chi connectivity index (χ0) is 52.9. The Kier molecular flexibility index (Phi) is 58.3. The average Bonchev–Trinajstić information content (AvgIpc) is 3.39. The van der Waals surface area contributed by atoms with E-state index < -0.39 is 6.10 Å². The van der Waals surface area contributed by atoms with E-state index in [2.05, 4.69) is 106 Å². The number of esters is 3. The molecule has 73 heavy (non-hydrogen) atoms. The van der Waals surface area contributed by atoms with E-state index in [0.29, 0.717) is 19.3 Å². The van der Waals surface area contributed by atoms with E-state index in [9.17, 15) is 14.4 Å². The number of rotatable bonds is 56. The Morgan fingerprint density at radius 1 is 0.288 bits per heavy atom. The monoisotopic (exact) mass is 1020 g/mol. The Morgan fingerprint density at radius 2 is 0.534 bits per heavy atom. The molecule has 0 aliphatic carbocycles.